The highest BCUT2D eigenvalue weighted by Crippen LogP contribution is 2.57. The summed E-state index contributed by atoms with van der Waals surface area (Å²) in [6, 6.07) is 80.1. The zero-order valence-corrected chi connectivity index (χ0v) is 38.9. The third-order valence-electron chi connectivity index (χ3n) is 16.0. The summed E-state index contributed by atoms with van der Waals surface area (Å²) < 4.78 is 0. The first-order valence-corrected chi connectivity index (χ1v) is 24.2. The van der Waals surface area contributed by atoms with E-state index < -0.39 is 0 Å². The molecule has 14 rings (SSSR count). The summed E-state index contributed by atoms with van der Waals surface area (Å²) in [6.45, 7) is 9.67. The topological polar surface area (TPSA) is 3.24 Å². The number of rotatable bonds is 5. The summed E-state index contributed by atoms with van der Waals surface area (Å²) >= 11 is 0. The smallest absolute Gasteiger partial charge is 0.0465 e. The molecule has 0 fully saturated rings. The van der Waals surface area contributed by atoms with Crippen molar-refractivity contribution in [1.82, 2.24) is 0 Å². The van der Waals surface area contributed by atoms with Gasteiger partial charge in [0.2, 0.25) is 0 Å². The summed E-state index contributed by atoms with van der Waals surface area (Å²) in [5.41, 5.74) is 24.6. The van der Waals surface area contributed by atoms with Gasteiger partial charge in [-0.1, -0.05) is 191 Å². The second-order valence-corrected chi connectivity index (χ2v) is 20.4. The van der Waals surface area contributed by atoms with Crippen LogP contribution in [0.15, 0.2) is 212 Å². The van der Waals surface area contributed by atoms with Gasteiger partial charge in [0.1, 0.15) is 0 Å². The highest BCUT2D eigenvalue weighted by atomic mass is 15.1. The van der Waals surface area contributed by atoms with Crippen LogP contribution in [-0.4, -0.2) is 0 Å². The van der Waals surface area contributed by atoms with E-state index in [9.17, 15) is 0 Å². The molecular formula is C67H49N. The SMILES string of the molecule is CC1(C)c2cc(N(c3ccc4c(c3)Cc3cc(-c5ccccc5)c5ccccc5c3-4)c3ccc4c(c3)C(C)(C)c3cc(-c5ccccc5)c5ccccc5c3-4)ccc2-c2c1ccc1ccccc21. The van der Waals surface area contributed by atoms with E-state index >= 15 is 0 Å². The van der Waals surface area contributed by atoms with Crippen LogP contribution in [0.4, 0.5) is 17.1 Å². The molecule has 0 aliphatic heterocycles. The number of hydrogen-bond acceptors (Lipinski definition) is 1. The van der Waals surface area contributed by atoms with Crippen LogP contribution in [-0.2, 0) is 17.3 Å². The van der Waals surface area contributed by atoms with Gasteiger partial charge in [0.05, 0.1) is 0 Å². The molecule has 1 nitrogen and oxygen atoms in total. The molecule has 0 unspecified atom stereocenters. The molecule has 0 spiro atoms. The van der Waals surface area contributed by atoms with Crippen molar-refractivity contribution in [3.8, 4) is 55.6 Å². The normalized spacial score (nSPS) is 14.4. The Morgan fingerprint density at radius 2 is 0.779 bits per heavy atom. The molecule has 0 radical (unpaired) electrons. The summed E-state index contributed by atoms with van der Waals surface area (Å²) in [7, 11) is 0. The molecule has 0 saturated carbocycles. The summed E-state index contributed by atoms with van der Waals surface area (Å²) in [6.07, 6.45) is 0.889. The molecule has 0 bridgehead atoms. The average Bonchev–Trinajstić information content (AvgIpc) is 3.95. The Bertz CT molecular complexity index is 3930. The van der Waals surface area contributed by atoms with Crippen molar-refractivity contribution < 1.29 is 0 Å². The molecule has 68 heavy (non-hydrogen) atoms. The van der Waals surface area contributed by atoms with Gasteiger partial charge in [-0.3, -0.25) is 0 Å². The summed E-state index contributed by atoms with van der Waals surface area (Å²) in [5.74, 6) is 0. The molecular weight excluding hydrogens is 819 g/mol. The minimum Gasteiger partial charge on any atom is -0.310 e. The van der Waals surface area contributed by atoms with E-state index in [1.165, 1.54) is 138 Å². The van der Waals surface area contributed by atoms with E-state index in [2.05, 4.69) is 245 Å². The van der Waals surface area contributed by atoms with Gasteiger partial charge >= 0.3 is 0 Å². The Morgan fingerprint density at radius 1 is 0.309 bits per heavy atom. The fourth-order valence-electron chi connectivity index (χ4n) is 12.7. The van der Waals surface area contributed by atoms with Crippen LogP contribution in [0.1, 0.15) is 61.1 Å². The highest BCUT2D eigenvalue weighted by molar-refractivity contribution is 6.11. The van der Waals surface area contributed by atoms with E-state index in [1.54, 1.807) is 0 Å². The first kappa shape index (κ1) is 39.2. The van der Waals surface area contributed by atoms with Crippen molar-refractivity contribution >= 4 is 49.4 Å². The molecule has 0 heterocycles. The van der Waals surface area contributed by atoms with Crippen molar-refractivity contribution in [2.45, 2.75) is 44.9 Å². The molecule has 3 aliphatic carbocycles. The Labute approximate surface area is 398 Å². The van der Waals surface area contributed by atoms with Gasteiger partial charge in [-0.15, -0.1) is 0 Å². The summed E-state index contributed by atoms with van der Waals surface area (Å²) in [5, 5.41) is 7.85. The molecule has 0 amide bonds. The lowest BCUT2D eigenvalue weighted by Gasteiger charge is -2.30. The number of nitrogens with zero attached hydrogens (tertiary/aromatic N) is 1. The van der Waals surface area contributed by atoms with Crippen molar-refractivity contribution in [3.63, 3.8) is 0 Å². The van der Waals surface area contributed by atoms with E-state index in [0.29, 0.717) is 0 Å². The second kappa shape index (κ2) is 14.3. The van der Waals surface area contributed by atoms with Crippen LogP contribution >= 0.6 is 0 Å². The van der Waals surface area contributed by atoms with Crippen LogP contribution < -0.4 is 4.90 Å². The maximum atomic E-state index is 2.54. The molecule has 0 N–H and O–H groups in total. The maximum Gasteiger partial charge on any atom is 0.0465 e. The Morgan fingerprint density at radius 3 is 1.40 bits per heavy atom. The van der Waals surface area contributed by atoms with Gasteiger partial charge < -0.3 is 4.90 Å². The molecule has 0 atom stereocenters. The first-order chi connectivity index (χ1) is 33.2. The lowest BCUT2D eigenvalue weighted by atomic mass is 9.80. The van der Waals surface area contributed by atoms with Crippen LogP contribution in [0, 0.1) is 0 Å². The average molecular weight is 868 g/mol. The van der Waals surface area contributed by atoms with Gasteiger partial charge in [0.25, 0.3) is 0 Å². The minimum absolute atomic E-state index is 0.174. The molecule has 11 aromatic rings. The third-order valence-corrected chi connectivity index (χ3v) is 16.0. The number of benzene rings is 11. The van der Waals surface area contributed by atoms with Gasteiger partial charge in [0, 0.05) is 27.9 Å². The van der Waals surface area contributed by atoms with E-state index in [1.807, 2.05) is 0 Å². The van der Waals surface area contributed by atoms with Gasteiger partial charge in [-0.05, 0) is 176 Å². The minimum atomic E-state index is -0.236. The summed E-state index contributed by atoms with van der Waals surface area (Å²) in [4.78, 5) is 2.54. The van der Waals surface area contributed by atoms with Gasteiger partial charge in [-0.25, -0.2) is 0 Å². The fraction of sp³-hybridized carbons (Fsp3) is 0.104. The number of anilines is 3. The molecule has 0 saturated heterocycles. The lowest BCUT2D eigenvalue weighted by Crippen LogP contribution is -2.18. The second-order valence-electron chi connectivity index (χ2n) is 20.4. The molecule has 1 heteroatoms. The zero-order chi connectivity index (χ0) is 45.5. The number of fused-ring (bicyclic) bond motifs is 15. The standard InChI is InChI=1S/C67H49N/c1-66(2)59-34-27-43-21-11-12-22-49(43)64(59)55-32-29-47(38-60(55)66)68(46-28-31-50-44(36-46)35-45-37-57(41-17-7-5-8-18-41)51-23-13-15-25-53(51)63(45)50)48-30-33-56-61(39-48)67(3,4)62-40-58(42-19-9-6-10-20-42)52-24-14-16-26-54(52)65(56)62/h5-34,36-40H,35H2,1-4H3. The first-order valence-electron chi connectivity index (χ1n) is 24.2. The van der Waals surface area contributed by atoms with Crippen molar-refractivity contribution in [1.29, 1.82) is 0 Å². The van der Waals surface area contributed by atoms with Gasteiger partial charge in [0.15, 0.2) is 0 Å². The van der Waals surface area contributed by atoms with Crippen LogP contribution in [0.5, 0.6) is 0 Å². The third kappa shape index (κ3) is 5.51. The Balaban J connectivity index is 0.959. The Kier molecular flexibility index (Phi) is 8.22. The predicted octanol–water partition coefficient (Wildman–Crippen LogP) is 18.1. The van der Waals surface area contributed by atoms with E-state index in [0.717, 1.165) is 6.42 Å². The Hall–Kier alpha value is -8.00. The van der Waals surface area contributed by atoms with Crippen molar-refractivity contribution in [2.75, 3.05) is 4.90 Å². The lowest BCUT2D eigenvalue weighted by molar-refractivity contribution is 0.660. The molecule has 11 aromatic carbocycles. The van der Waals surface area contributed by atoms with E-state index in [4.69, 9.17) is 0 Å². The van der Waals surface area contributed by atoms with Gasteiger partial charge in [-0.2, -0.15) is 0 Å². The molecule has 0 aromatic heterocycles. The predicted molar refractivity (Wildman–Crippen MR) is 288 cm³/mol. The highest BCUT2D eigenvalue weighted by Gasteiger charge is 2.40. The van der Waals surface area contributed by atoms with Crippen LogP contribution in [0.3, 0.4) is 0 Å². The zero-order valence-electron chi connectivity index (χ0n) is 38.9. The molecule has 322 valence electrons. The quantitative estimate of drug-likeness (QED) is 0.167. The number of hydrogen-bond donors (Lipinski definition) is 0. The van der Waals surface area contributed by atoms with E-state index in [-0.39, 0.29) is 10.8 Å². The fourth-order valence-corrected chi connectivity index (χ4v) is 12.7. The van der Waals surface area contributed by atoms with Crippen LogP contribution in [0.25, 0.3) is 88.0 Å². The van der Waals surface area contributed by atoms with Crippen molar-refractivity contribution in [3.05, 3.63) is 246 Å². The van der Waals surface area contributed by atoms with Crippen molar-refractivity contribution in [2.24, 2.45) is 0 Å². The maximum absolute atomic E-state index is 2.54. The molecule has 3 aliphatic rings. The monoisotopic (exact) mass is 867 g/mol. The van der Waals surface area contributed by atoms with Crippen LogP contribution in [0.2, 0.25) is 0 Å². The largest absolute Gasteiger partial charge is 0.310 e.